The Morgan fingerprint density at radius 2 is 0.957 bits per heavy atom. The maximum atomic E-state index is 13.2. The van der Waals surface area contributed by atoms with Gasteiger partial charge in [0.15, 0.2) is 25.2 Å². The third-order valence-corrected chi connectivity index (χ3v) is 18.1. The van der Waals surface area contributed by atoms with Crippen molar-refractivity contribution in [2.24, 2.45) is 0 Å². The fourth-order valence-electron chi connectivity index (χ4n) is 12.0. The van der Waals surface area contributed by atoms with E-state index in [-0.39, 0.29) is 119 Å². The summed E-state index contributed by atoms with van der Waals surface area (Å²) in [4.78, 5) is 70.3. The molecule has 4 aliphatic rings. The highest BCUT2D eigenvalue weighted by atomic mass is 32.2. The van der Waals surface area contributed by atoms with Crippen LogP contribution in [0.3, 0.4) is 0 Å². The van der Waals surface area contributed by atoms with E-state index in [1.54, 1.807) is 6.92 Å². The van der Waals surface area contributed by atoms with Crippen molar-refractivity contribution in [3.05, 3.63) is 126 Å². The lowest BCUT2D eigenvalue weighted by Crippen LogP contribution is -2.45. The minimum absolute atomic E-state index is 0.0545. The monoisotopic (exact) mass is 1340 g/mol. The van der Waals surface area contributed by atoms with E-state index in [1.807, 2.05) is 11.6 Å². The predicted octanol–water partition coefficient (Wildman–Crippen LogP) is 8.75. The average molecular weight is 1340 g/mol. The van der Waals surface area contributed by atoms with Crippen LogP contribution in [0.4, 0.5) is 22.7 Å². The quantitative estimate of drug-likeness (QED) is 0.0172. The highest BCUT2D eigenvalue weighted by Crippen LogP contribution is 2.42. The number of amides is 3. The summed E-state index contributed by atoms with van der Waals surface area (Å²) in [5, 5.41) is 95.2. The number of anilines is 1. The number of aliphatic hydroxyl groups excluding tert-OH is 2. The van der Waals surface area contributed by atoms with Gasteiger partial charge in [-0.15, -0.1) is 0 Å². The van der Waals surface area contributed by atoms with Gasteiger partial charge in [0.1, 0.15) is 17.2 Å². The minimum Gasteiger partial charge on any atom is -0.507 e. The van der Waals surface area contributed by atoms with Crippen LogP contribution in [0.2, 0.25) is 0 Å². The molecule has 0 radical (unpaired) electrons. The number of nitrogens with zero attached hydrogens (tertiary/aromatic N) is 3. The van der Waals surface area contributed by atoms with Crippen molar-refractivity contribution in [1.29, 1.82) is 0 Å². The number of carbonyl (C=O) groups is 3. The predicted molar refractivity (Wildman–Crippen MR) is 331 cm³/mol. The minimum atomic E-state index is -4.10. The van der Waals surface area contributed by atoms with Crippen LogP contribution < -0.4 is 15.4 Å². The molecule has 0 spiro atoms. The number of nitro benzene ring substituents is 3. The van der Waals surface area contributed by atoms with E-state index in [2.05, 4.69) is 10.6 Å². The molecule has 13 unspecified atom stereocenters. The van der Waals surface area contributed by atoms with Crippen LogP contribution in [-0.4, -0.2) is 140 Å². The van der Waals surface area contributed by atoms with Crippen LogP contribution in [-0.2, 0) is 62.3 Å². The van der Waals surface area contributed by atoms with Gasteiger partial charge in [0.2, 0.25) is 17.7 Å². The molecule has 4 aliphatic heterocycles. The van der Waals surface area contributed by atoms with Gasteiger partial charge < -0.3 is 74.1 Å². The number of hydrogen-bond acceptors (Lipinski definition) is 24. The zero-order chi connectivity index (χ0) is 67.8. The summed E-state index contributed by atoms with van der Waals surface area (Å²) >= 11 is 0. The topological polar surface area (TPSA) is 426 Å². The van der Waals surface area contributed by atoms with Gasteiger partial charge in [-0.2, -0.15) is 0 Å². The first kappa shape index (κ1) is 72.3. The molecule has 0 saturated carbocycles. The van der Waals surface area contributed by atoms with Gasteiger partial charge in [-0.1, -0.05) is 6.92 Å². The molecule has 30 nitrogen and oxygen atoms in total. The molecular formula is C63H82N6O24S. The lowest BCUT2D eigenvalue weighted by molar-refractivity contribution is -0.385. The standard InChI is InChI=1S/C63H82N6O24S/c1-4-44-32-46(90-62(89-44)53-28-40(68(80)81)17-22-56(53)74)13-7-12-45-34-50(88-60(87-45)35-64-58(76)24-25-59(77)65-38-14-19-51(20-15-38)94(84,85)66-37(3)70)31-43(72)9-6-11-48-33-47(91-63(92-48)54-29-41(69(82)83)18-23-57(54)75)10-5-8-42(71)30-49-26-36(2)86-61(93-49)52-27-39(67(78)79)16-21-55(52)73/h14-23,27-29,36,42-50,60-63,71-75H,4-13,24-26,30-35H2,1-3H3,(H,64,76)(H,65,77)(H,66,70)/t36-,42?,43?,44?,45?,46?,47?,48?,49?,50?,60?,61?,62?,63?/m0/s1. The van der Waals surface area contributed by atoms with Gasteiger partial charge in [0, 0.05) is 81.1 Å². The van der Waals surface area contributed by atoms with Crippen molar-refractivity contribution in [2.75, 3.05) is 11.9 Å². The Morgan fingerprint density at radius 3 is 1.44 bits per heavy atom. The van der Waals surface area contributed by atoms with Gasteiger partial charge in [0.25, 0.3) is 27.1 Å². The molecule has 4 saturated heterocycles. The molecule has 4 fully saturated rings. The van der Waals surface area contributed by atoms with Crippen molar-refractivity contribution < 1.29 is 101 Å². The Labute approximate surface area is 542 Å². The molecule has 0 aromatic heterocycles. The summed E-state index contributed by atoms with van der Waals surface area (Å²) < 4.78 is 76.3. The summed E-state index contributed by atoms with van der Waals surface area (Å²) in [6.45, 7) is 4.68. The number of aromatic hydroxyl groups is 3. The lowest BCUT2D eigenvalue weighted by Gasteiger charge is -2.38. The molecule has 4 heterocycles. The van der Waals surface area contributed by atoms with Crippen molar-refractivity contribution in [3.63, 3.8) is 0 Å². The van der Waals surface area contributed by atoms with Gasteiger partial charge in [-0.05, 0) is 133 Å². The van der Waals surface area contributed by atoms with E-state index in [0.29, 0.717) is 83.5 Å². The van der Waals surface area contributed by atoms with E-state index < -0.39 is 110 Å². The largest absolute Gasteiger partial charge is 0.507 e. The second-order valence-electron chi connectivity index (χ2n) is 24.1. The maximum absolute atomic E-state index is 13.2. The summed E-state index contributed by atoms with van der Waals surface area (Å²) in [5.74, 6) is -2.54. The molecular weight excluding hydrogens is 1260 g/mol. The number of ether oxygens (including phenoxy) is 8. The molecule has 3 amide bonds. The summed E-state index contributed by atoms with van der Waals surface area (Å²) in [5.41, 5.74) is -0.241. The van der Waals surface area contributed by atoms with Crippen LogP contribution in [0.1, 0.15) is 172 Å². The van der Waals surface area contributed by atoms with E-state index in [1.165, 1.54) is 72.8 Å². The van der Waals surface area contributed by atoms with Gasteiger partial charge in [0.05, 0.1) is 104 Å². The third-order valence-electron chi connectivity index (χ3n) is 16.7. The third kappa shape index (κ3) is 21.2. The number of aliphatic hydroxyl groups is 2. The Kier molecular flexibility index (Phi) is 25.9. The van der Waals surface area contributed by atoms with E-state index in [4.69, 9.17) is 37.9 Å². The molecule has 514 valence electrons. The normalized spacial score (nSPS) is 25.5. The number of nitro groups is 3. The highest BCUT2D eigenvalue weighted by molar-refractivity contribution is 7.90. The van der Waals surface area contributed by atoms with E-state index in [0.717, 1.165) is 13.0 Å². The maximum Gasteiger partial charge on any atom is 0.270 e. The Balaban J connectivity index is 0.865. The summed E-state index contributed by atoms with van der Waals surface area (Å²) in [6, 6.07) is 15.8. The molecule has 4 aromatic rings. The number of phenolic OH excluding ortho intramolecular Hbond substituents is 3. The molecule has 8 N–H and O–H groups in total. The Morgan fingerprint density at radius 1 is 0.553 bits per heavy atom. The average Bonchev–Trinajstić information content (AvgIpc) is 0.886. The molecule has 8 rings (SSSR count). The number of sulfonamides is 1. The smallest absolute Gasteiger partial charge is 0.270 e. The van der Waals surface area contributed by atoms with Crippen molar-refractivity contribution in [1.82, 2.24) is 10.0 Å². The van der Waals surface area contributed by atoms with Gasteiger partial charge in [-0.25, -0.2) is 13.1 Å². The van der Waals surface area contributed by atoms with Crippen LogP contribution in [0.15, 0.2) is 83.8 Å². The van der Waals surface area contributed by atoms with Crippen LogP contribution in [0, 0.1) is 30.3 Å². The number of carbonyl (C=O) groups excluding carboxylic acids is 3. The Hall–Kier alpha value is -7.56. The lowest BCUT2D eigenvalue weighted by atomic mass is 9.94. The fraction of sp³-hybridized carbons (Fsp3) is 0.571. The Bertz CT molecular complexity index is 3380. The van der Waals surface area contributed by atoms with Crippen molar-refractivity contribution in [3.8, 4) is 17.2 Å². The number of phenols is 3. The van der Waals surface area contributed by atoms with Crippen molar-refractivity contribution >= 4 is 50.5 Å². The van der Waals surface area contributed by atoms with Crippen molar-refractivity contribution in [2.45, 2.75) is 227 Å². The molecule has 0 bridgehead atoms. The molecule has 0 aliphatic carbocycles. The van der Waals surface area contributed by atoms with E-state index in [9.17, 15) is 78.7 Å². The number of benzene rings is 4. The highest BCUT2D eigenvalue weighted by Gasteiger charge is 2.38. The zero-order valence-electron chi connectivity index (χ0n) is 52.3. The SMILES string of the molecule is CCC1CC(CCCC2CC(CC(O)CCCC3CC(CCCC(O)CC4C[C@H](C)OC(c5cc([N+](=O)[O-])ccc5O)O4)OC(c4cc([N+](=O)[O-])ccc4O)O3)OC(CNC(=O)CCC(=O)Nc3ccc(S(=O)(=O)NC(C)=O)cc3)O2)OC(c2cc([N+](=O)[O-])ccc2O)O1. The first-order valence-electron chi connectivity index (χ1n) is 31.5. The first-order valence-corrected chi connectivity index (χ1v) is 33.0. The number of nitrogens with one attached hydrogen (secondary N) is 3. The number of non-ortho nitro benzene ring substituents is 3. The molecule has 4 aromatic carbocycles. The molecule has 31 heteroatoms. The second kappa shape index (κ2) is 33.7. The molecule has 94 heavy (non-hydrogen) atoms. The number of rotatable bonds is 31. The van der Waals surface area contributed by atoms with Crippen LogP contribution in [0.25, 0.3) is 0 Å². The molecule has 14 atom stereocenters. The number of hydrogen-bond donors (Lipinski definition) is 8. The van der Waals surface area contributed by atoms with Gasteiger partial charge in [-0.3, -0.25) is 44.7 Å². The van der Waals surface area contributed by atoms with Gasteiger partial charge >= 0.3 is 0 Å². The summed E-state index contributed by atoms with van der Waals surface area (Å²) in [6.07, 6.45) is -3.51. The summed E-state index contributed by atoms with van der Waals surface area (Å²) in [7, 11) is -4.10. The van der Waals surface area contributed by atoms with E-state index >= 15 is 0 Å². The van der Waals surface area contributed by atoms with Crippen LogP contribution in [0.5, 0.6) is 17.2 Å². The van der Waals surface area contributed by atoms with Crippen LogP contribution >= 0.6 is 0 Å². The fourth-order valence-corrected chi connectivity index (χ4v) is 13.0. The zero-order valence-corrected chi connectivity index (χ0v) is 53.1. The second-order valence-corrected chi connectivity index (χ2v) is 25.8. The first-order chi connectivity index (χ1) is 44.8.